The monoisotopic (exact) mass is 375 g/mol. The molecule has 7 heteroatoms. The molecule has 27 heavy (non-hydrogen) atoms. The molecule has 2 aromatic rings. The van der Waals surface area contributed by atoms with Crippen LogP contribution in [0.25, 0.3) is 0 Å². The Bertz CT molecular complexity index is 840. The van der Waals surface area contributed by atoms with E-state index in [2.05, 4.69) is 5.32 Å². The van der Waals surface area contributed by atoms with Gasteiger partial charge in [-0.15, -0.1) is 0 Å². The molecular formula is C20H22FNO5. The van der Waals surface area contributed by atoms with Crippen molar-refractivity contribution in [3.05, 3.63) is 52.8 Å². The van der Waals surface area contributed by atoms with E-state index in [1.807, 2.05) is 13.8 Å². The number of hydrogen-bond acceptors (Lipinski definition) is 4. The number of carbonyl (C=O) groups excluding carboxylic acids is 1. The van der Waals surface area contributed by atoms with E-state index in [0.717, 1.165) is 0 Å². The summed E-state index contributed by atoms with van der Waals surface area (Å²) in [6, 6.07) is 7.09. The standard InChI is InChI=1S/C20H22FNO5/c1-11(2)27-17-6-5-15(21)9-16(17)22-20(25)14-7-12(3)19(13(4)8-14)26-10-18(23)24/h5-9,11H,10H2,1-4H3,(H,22,25)(H,23,24). The number of aliphatic carboxylic acids is 1. The summed E-state index contributed by atoms with van der Waals surface area (Å²) in [7, 11) is 0. The molecule has 6 nitrogen and oxygen atoms in total. The van der Waals surface area contributed by atoms with Gasteiger partial charge in [-0.25, -0.2) is 9.18 Å². The van der Waals surface area contributed by atoms with Crippen LogP contribution in [0.1, 0.15) is 35.3 Å². The molecule has 0 saturated heterocycles. The summed E-state index contributed by atoms with van der Waals surface area (Å²) in [5, 5.41) is 11.4. The average molecular weight is 375 g/mol. The van der Waals surface area contributed by atoms with E-state index < -0.39 is 24.3 Å². The summed E-state index contributed by atoms with van der Waals surface area (Å²) in [5.74, 6) is -1.23. The lowest BCUT2D eigenvalue weighted by atomic mass is 10.0. The lowest BCUT2D eigenvalue weighted by Crippen LogP contribution is -2.16. The van der Waals surface area contributed by atoms with Crippen molar-refractivity contribution in [3.63, 3.8) is 0 Å². The highest BCUT2D eigenvalue weighted by atomic mass is 19.1. The number of amides is 1. The molecule has 0 radical (unpaired) electrons. The zero-order valence-corrected chi connectivity index (χ0v) is 15.6. The topological polar surface area (TPSA) is 84.9 Å². The first kappa shape index (κ1) is 20.2. The molecule has 0 unspecified atom stereocenters. The molecule has 2 N–H and O–H groups in total. The van der Waals surface area contributed by atoms with Crippen molar-refractivity contribution >= 4 is 17.6 Å². The number of carboxylic acid groups (broad SMARTS) is 1. The maximum atomic E-state index is 13.6. The molecule has 2 aromatic carbocycles. The third kappa shape index (κ3) is 5.44. The van der Waals surface area contributed by atoms with Gasteiger partial charge in [-0.2, -0.15) is 0 Å². The van der Waals surface area contributed by atoms with E-state index in [4.69, 9.17) is 14.6 Å². The first-order chi connectivity index (χ1) is 12.7. The molecule has 0 aliphatic rings. The van der Waals surface area contributed by atoms with Gasteiger partial charge in [-0.05, 0) is 63.1 Å². The second-order valence-corrected chi connectivity index (χ2v) is 6.38. The minimum absolute atomic E-state index is 0.138. The molecular weight excluding hydrogens is 353 g/mol. The van der Waals surface area contributed by atoms with Crippen molar-refractivity contribution in [2.45, 2.75) is 33.8 Å². The van der Waals surface area contributed by atoms with Crippen LogP contribution in [-0.4, -0.2) is 29.7 Å². The van der Waals surface area contributed by atoms with Gasteiger partial charge in [0.1, 0.15) is 17.3 Å². The number of carboxylic acids is 1. The molecule has 0 bridgehead atoms. The molecule has 0 spiro atoms. The molecule has 0 heterocycles. The number of ether oxygens (including phenoxy) is 2. The third-order valence-electron chi connectivity index (χ3n) is 3.61. The SMILES string of the molecule is Cc1cc(C(=O)Nc2cc(F)ccc2OC(C)C)cc(C)c1OCC(=O)O. The fourth-order valence-electron chi connectivity index (χ4n) is 2.59. The summed E-state index contributed by atoms with van der Waals surface area (Å²) < 4.78 is 24.5. The summed E-state index contributed by atoms with van der Waals surface area (Å²) in [5.41, 5.74) is 1.82. The number of anilines is 1. The molecule has 0 aromatic heterocycles. The first-order valence-electron chi connectivity index (χ1n) is 8.40. The van der Waals surface area contributed by atoms with Gasteiger partial charge in [0, 0.05) is 11.6 Å². The highest BCUT2D eigenvalue weighted by Gasteiger charge is 2.15. The van der Waals surface area contributed by atoms with E-state index in [1.165, 1.54) is 18.2 Å². The van der Waals surface area contributed by atoms with Crippen molar-refractivity contribution in [1.29, 1.82) is 0 Å². The molecule has 0 aliphatic heterocycles. The van der Waals surface area contributed by atoms with Crippen LogP contribution < -0.4 is 14.8 Å². The molecule has 0 atom stereocenters. The van der Waals surface area contributed by atoms with Crippen LogP contribution in [0.5, 0.6) is 11.5 Å². The van der Waals surface area contributed by atoms with Gasteiger partial charge >= 0.3 is 5.97 Å². The smallest absolute Gasteiger partial charge is 0.341 e. The maximum Gasteiger partial charge on any atom is 0.341 e. The van der Waals surface area contributed by atoms with Crippen LogP contribution in [-0.2, 0) is 4.79 Å². The Morgan fingerprint density at radius 2 is 1.78 bits per heavy atom. The van der Waals surface area contributed by atoms with E-state index in [1.54, 1.807) is 26.0 Å². The van der Waals surface area contributed by atoms with Crippen LogP contribution in [0.15, 0.2) is 30.3 Å². The second kappa shape index (κ2) is 8.53. The van der Waals surface area contributed by atoms with Crippen molar-refractivity contribution < 1.29 is 28.6 Å². The minimum atomic E-state index is -1.08. The first-order valence-corrected chi connectivity index (χ1v) is 8.40. The Kier molecular flexibility index (Phi) is 6.39. The fraction of sp³-hybridized carbons (Fsp3) is 0.300. The largest absolute Gasteiger partial charge is 0.489 e. The van der Waals surface area contributed by atoms with Crippen molar-refractivity contribution in [3.8, 4) is 11.5 Å². The Morgan fingerprint density at radius 1 is 1.15 bits per heavy atom. The quantitative estimate of drug-likeness (QED) is 0.766. The molecule has 0 aliphatic carbocycles. The highest BCUT2D eigenvalue weighted by Crippen LogP contribution is 2.29. The molecule has 0 fully saturated rings. The van der Waals surface area contributed by atoms with Gasteiger partial charge in [0.05, 0.1) is 11.8 Å². The van der Waals surface area contributed by atoms with E-state index >= 15 is 0 Å². The van der Waals surface area contributed by atoms with Crippen LogP contribution in [0.3, 0.4) is 0 Å². The van der Waals surface area contributed by atoms with Gasteiger partial charge in [-0.3, -0.25) is 4.79 Å². The number of nitrogens with one attached hydrogen (secondary N) is 1. The second-order valence-electron chi connectivity index (χ2n) is 6.38. The molecule has 144 valence electrons. The van der Waals surface area contributed by atoms with Crippen molar-refractivity contribution in [2.75, 3.05) is 11.9 Å². The van der Waals surface area contributed by atoms with Crippen molar-refractivity contribution in [2.24, 2.45) is 0 Å². The van der Waals surface area contributed by atoms with Gasteiger partial charge in [0.2, 0.25) is 0 Å². The Labute approximate surface area is 156 Å². The maximum absolute atomic E-state index is 13.6. The Balaban J connectivity index is 2.26. The average Bonchev–Trinajstić information content (AvgIpc) is 2.55. The third-order valence-corrected chi connectivity index (χ3v) is 3.61. The summed E-state index contributed by atoms with van der Waals surface area (Å²) in [6.45, 7) is 6.63. The van der Waals surface area contributed by atoms with Crippen LogP contribution in [0, 0.1) is 19.7 Å². The summed E-state index contributed by atoms with van der Waals surface area (Å²) in [6.07, 6.45) is -0.138. The molecule has 2 rings (SSSR count). The van der Waals surface area contributed by atoms with Crippen LogP contribution in [0.4, 0.5) is 10.1 Å². The number of halogens is 1. The van der Waals surface area contributed by atoms with Crippen molar-refractivity contribution in [1.82, 2.24) is 0 Å². The number of carbonyl (C=O) groups is 2. The van der Waals surface area contributed by atoms with Crippen LogP contribution in [0.2, 0.25) is 0 Å². The lowest BCUT2D eigenvalue weighted by molar-refractivity contribution is -0.139. The number of aryl methyl sites for hydroxylation is 2. The normalized spacial score (nSPS) is 10.6. The van der Waals surface area contributed by atoms with Gasteiger partial charge in [-0.1, -0.05) is 0 Å². The number of benzene rings is 2. The van der Waals surface area contributed by atoms with E-state index in [0.29, 0.717) is 28.2 Å². The zero-order chi connectivity index (χ0) is 20.1. The van der Waals surface area contributed by atoms with Gasteiger partial charge in [0.25, 0.3) is 5.91 Å². The predicted molar refractivity (Wildman–Crippen MR) is 99.2 cm³/mol. The Morgan fingerprint density at radius 3 is 2.33 bits per heavy atom. The molecule has 1 amide bonds. The van der Waals surface area contributed by atoms with E-state index in [9.17, 15) is 14.0 Å². The predicted octanol–water partition coefficient (Wildman–Crippen LogP) is 3.95. The number of hydrogen-bond donors (Lipinski definition) is 2. The zero-order valence-electron chi connectivity index (χ0n) is 15.6. The fourth-order valence-corrected chi connectivity index (χ4v) is 2.59. The Hall–Kier alpha value is -3.09. The van der Waals surface area contributed by atoms with Gasteiger partial charge < -0.3 is 19.9 Å². The summed E-state index contributed by atoms with van der Waals surface area (Å²) >= 11 is 0. The minimum Gasteiger partial charge on any atom is -0.489 e. The van der Waals surface area contributed by atoms with Gasteiger partial charge in [0.15, 0.2) is 6.61 Å². The van der Waals surface area contributed by atoms with E-state index in [-0.39, 0.29) is 11.8 Å². The lowest BCUT2D eigenvalue weighted by Gasteiger charge is -2.16. The number of rotatable bonds is 7. The molecule has 0 saturated carbocycles. The highest BCUT2D eigenvalue weighted by molar-refractivity contribution is 6.05. The van der Waals surface area contributed by atoms with Crippen LogP contribution >= 0.6 is 0 Å². The summed E-state index contributed by atoms with van der Waals surface area (Å²) in [4.78, 5) is 23.3.